The van der Waals surface area contributed by atoms with Crippen molar-refractivity contribution in [3.63, 3.8) is 0 Å². The molecule has 3 nitrogen and oxygen atoms in total. The van der Waals surface area contributed by atoms with Gasteiger partial charge in [0.25, 0.3) is 0 Å². The Morgan fingerprint density at radius 1 is 1.06 bits per heavy atom. The van der Waals surface area contributed by atoms with Crippen LogP contribution < -0.4 is 0 Å². The molecule has 0 fully saturated rings. The van der Waals surface area contributed by atoms with Crippen molar-refractivity contribution in [1.82, 2.24) is 0 Å². The number of carbonyl (C=O) groups is 1. The van der Waals surface area contributed by atoms with Gasteiger partial charge >= 0.3 is 5.97 Å². The lowest BCUT2D eigenvalue weighted by molar-refractivity contribution is -0.136. The van der Waals surface area contributed by atoms with Crippen LogP contribution in [0, 0.1) is 13.8 Å². The molecule has 3 heteroatoms. The van der Waals surface area contributed by atoms with Gasteiger partial charge in [-0.2, -0.15) is 0 Å². The Kier molecular flexibility index (Phi) is 10.2. The maximum atomic E-state index is 10.4. The number of phenols is 1. The molecule has 0 aliphatic carbocycles. The first-order valence-electron chi connectivity index (χ1n) is 6.01. The summed E-state index contributed by atoms with van der Waals surface area (Å²) in [4.78, 5) is 10.4. The molecule has 2 N–H and O–H groups in total. The first kappa shape index (κ1) is 17.9. The average molecular weight is 240 g/mol. The van der Waals surface area contributed by atoms with Crippen LogP contribution >= 0.6 is 0 Å². The summed E-state index contributed by atoms with van der Waals surface area (Å²) in [5.74, 6) is -0.612. The molecule has 0 bridgehead atoms. The number of aromatic hydroxyl groups is 1. The van der Waals surface area contributed by atoms with Crippen LogP contribution in [0.15, 0.2) is 12.1 Å². The number of benzene rings is 1. The van der Waals surface area contributed by atoms with E-state index in [1.807, 2.05) is 27.7 Å². The Morgan fingerprint density at radius 3 is 1.71 bits per heavy atom. The van der Waals surface area contributed by atoms with Crippen LogP contribution in [0.4, 0.5) is 0 Å². The van der Waals surface area contributed by atoms with Gasteiger partial charge in [0.1, 0.15) is 5.75 Å². The minimum absolute atomic E-state index is 0.00194. The Morgan fingerprint density at radius 2 is 1.41 bits per heavy atom. The van der Waals surface area contributed by atoms with E-state index in [0.717, 1.165) is 16.7 Å². The maximum Gasteiger partial charge on any atom is 0.307 e. The van der Waals surface area contributed by atoms with Crippen molar-refractivity contribution in [2.75, 3.05) is 0 Å². The first-order valence-corrected chi connectivity index (χ1v) is 6.01. The lowest BCUT2D eigenvalue weighted by Gasteiger charge is -2.05. The summed E-state index contributed by atoms with van der Waals surface area (Å²) in [6.07, 6.45) is 0.00194. The van der Waals surface area contributed by atoms with Gasteiger partial charge in [-0.05, 0) is 30.5 Å². The summed E-state index contributed by atoms with van der Waals surface area (Å²) >= 11 is 0. The second kappa shape index (κ2) is 9.70. The van der Waals surface area contributed by atoms with Crippen LogP contribution in [0.1, 0.15) is 44.4 Å². The lowest BCUT2D eigenvalue weighted by atomic mass is 10.0. The van der Waals surface area contributed by atoms with Gasteiger partial charge in [-0.25, -0.2) is 0 Å². The van der Waals surface area contributed by atoms with Crippen molar-refractivity contribution in [2.24, 2.45) is 0 Å². The monoisotopic (exact) mass is 240 g/mol. The van der Waals surface area contributed by atoms with Gasteiger partial charge in [-0.3, -0.25) is 4.79 Å². The molecule has 1 aromatic rings. The zero-order valence-corrected chi connectivity index (χ0v) is 11.7. The minimum Gasteiger partial charge on any atom is -0.507 e. The smallest absolute Gasteiger partial charge is 0.307 e. The zero-order chi connectivity index (χ0) is 14.0. The molecule has 0 aliphatic heterocycles. The molecular formula is C14H24O3. The van der Waals surface area contributed by atoms with Crippen molar-refractivity contribution in [1.29, 1.82) is 0 Å². The largest absolute Gasteiger partial charge is 0.507 e. The zero-order valence-electron chi connectivity index (χ0n) is 11.7. The van der Waals surface area contributed by atoms with Gasteiger partial charge in [0.05, 0.1) is 6.42 Å². The number of rotatable bonds is 2. The molecule has 0 unspecified atom stereocenters. The van der Waals surface area contributed by atoms with E-state index >= 15 is 0 Å². The topological polar surface area (TPSA) is 57.5 Å². The highest BCUT2D eigenvalue weighted by atomic mass is 16.4. The number of aryl methyl sites for hydroxylation is 2. The van der Waals surface area contributed by atoms with Gasteiger partial charge in [-0.15, -0.1) is 0 Å². The third-order valence-electron chi connectivity index (χ3n) is 1.91. The third kappa shape index (κ3) is 6.61. The van der Waals surface area contributed by atoms with Crippen LogP contribution in [-0.2, 0) is 11.2 Å². The van der Waals surface area contributed by atoms with Crippen LogP contribution in [-0.4, -0.2) is 16.2 Å². The molecule has 0 saturated heterocycles. The fourth-order valence-electron chi connectivity index (χ4n) is 1.32. The summed E-state index contributed by atoms with van der Waals surface area (Å²) in [7, 11) is 0. The fourth-order valence-corrected chi connectivity index (χ4v) is 1.32. The highest BCUT2D eigenvalue weighted by Crippen LogP contribution is 2.22. The Hall–Kier alpha value is -1.51. The van der Waals surface area contributed by atoms with E-state index in [2.05, 4.69) is 0 Å². The summed E-state index contributed by atoms with van der Waals surface area (Å²) in [6.45, 7) is 11.5. The lowest BCUT2D eigenvalue weighted by Crippen LogP contribution is -2.00. The van der Waals surface area contributed by atoms with Crippen molar-refractivity contribution >= 4 is 5.97 Å². The SMILES string of the molecule is CC.CC.Cc1cc(CC(=O)O)cc(C)c1O. The first-order chi connectivity index (χ1) is 8.00. The Labute approximate surface area is 104 Å². The molecule has 0 radical (unpaired) electrons. The predicted octanol–water partition coefficient (Wildman–Crippen LogP) is 3.69. The fraction of sp³-hybridized carbons (Fsp3) is 0.500. The summed E-state index contributed by atoms with van der Waals surface area (Å²) in [5, 5.41) is 18.0. The highest BCUT2D eigenvalue weighted by molar-refractivity contribution is 5.70. The van der Waals surface area contributed by atoms with Crippen molar-refractivity contribution < 1.29 is 15.0 Å². The molecule has 98 valence electrons. The van der Waals surface area contributed by atoms with Crippen molar-refractivity contribution in [3.8, 4) is 5.75 Å². The van der Waals surface area contributed by atoms with Crippen LogP contribution in [0.3, 0.4) is 0 Å². The van der Waals surface area contributed by atoms with Gasteiger partial charge in [0, 0.05) is 0 Å². The molecule has 1 rings (SSSR count). The number of carboxylic acids is 1. The molecule has 0 heterocycles. The Bertz CT molecular complexity index is 320. The second-order valence-electron chi connectivity index (χ2n) is 3.15. The molecule has 17 heavy (non-hydrogen) atoms. The number of phenolic OH excluding ortho intramolecular Hbond substituents is 1. The van der Waals surface area contributed by atoms with E-state index in [1.165, 1.54) is 0 Å². The van der Waals surface area contributed by atoms with E-state index in [9.17, 15) is 9.90 Å². The van der Waals surface area contributed by atoms with E-state index in [-0.39, 0.29) is 12.2 Å². The van der Waals surface area contributed by atoms with Crippen molar-refractivity contribution in [3.05, 3.63) is 28.8 Å². The number of aliphatic carboxylic acids is 1. The third-order valence-corrected chi connectivity index (χ3v) is 1.91. The standard InChI is InChI=1S/C10H12O3.2C2H6/c1-6-3-8(5-9(11)12)4-7(2)10(6)13;2*1-2/h3-4,13H,5H2,1-2H3,(H,11,12);2*1-2H3. The average Bonchev–Trinajstić information content (AvgIpc) is 2.30. The van der Waals surface area contributed by atoms with Crippen LogP contribution in [0.5, 0.6) is 5.75 Å². The van der Waals surface area contributed by atoms with E-state index < -0.39 is 5.97 Å². The second-order valence-corrected chi connectivity index (χ2v) is 3.15. The minimum atomic E-state index is -0.857. The van der Waals surface area contributed by atoms with Gasteiger partial charge in [-0.1, -0.05) is 39.8 Å². The summed E-state index contributed by atoms with van der Waals surface area (Å²) < 4.78 is 0. The Balaban J connectivity index is 0. The normalized spacial score (nSPS) is 8.35. The molecule has 0 amide bonds. The molecule has 0 atom stereocenters. The number of carboxylic acid groups (broad SMARTS) is 1. The van der Waals surface area contributed by atoms with Crippen LogP contribution in [0.25, 0.3) is 0 Å². The molecular weight excluding hydrogens is 216 g/mol. The summed E-state index contributed by atoms with van der Waals surface area (Å²) in [5.41, 5.74) is 2.16. The molecule has 0 spiro atoms. The van der Waals surface area contributed by atoms with E-state index in [1.54, 1.807) is 26.0 Å². The van der Waals surface area contributed by atoms with E-state index in [4.69, 9.17) is 5.11 Å². The molecule has 1 aromatic carbocycles. The molecule has 0 aliphatic rings. The predicted molar refractivity (Wildman–Crippen MR) is 71.6 cm³/mol. The molecule has 0 aromatic heterocycles. The number of hydrogen-bond donors (Lipinski definition) is 2. The number of hydrogen-bond acceptors (Lipinski definition) is 2. The van der Waals surface area contributed by atoms with E-state index in [0.29, 0.717) is 0 Å². The maximum absolute atomic E-state index is 10.4. The van der Waals surface area contributed by atoms with Gasteiger partial charge in [0.2, 0.25) is 0 Å². The van der Waals surface area contributed by atoms with Gasteiger partial charge in [0.15, 0.2) is 0 Å². The molecule has 0 saturated carbocycles. The quantitative estimate of drug-likeness (QED) is 0.829. The van der Waals surface area contributed by atoms with Gasteiger partial charge < -0.3 is 10.2 Å². The summed E-state index contributed by atoms with van der Waals surface area (Å²) in [6, 6.07) is 3.38. The van der Waals surface area contributed by atoms with Crippen molar-refractivity contribution in [2.45, 2.75) is 48.0 Å². The highest BCUT2D eigenvalue weighted by Gasteiger charge is 2.05. The van der Waals surface area contributed by atoms with Crippen LogP contribution in [0.2, 0.25) is 0 Å².